The molecule has 0 bridgehead atoms. The number of hydrogen-bond donors (Lipinski definition) is 1. The molecule has 2 aromatic carbocycles. The maximum Gasteiger partial charge on any atom is 0.221 e. The average Bonchev–Trinajstić information content (AvgIpc) is 2.73. The Hall–Kier alpha value is -2.09. The molecule has 2 heteroatoms. The second kappa shape index (κ2) is 4.78. The number of benzene rings is 2. The zero-order valence-corrected chi connectivity index (χ0v) is 11.9. The first-order valence-electron chi connectivity index (χ1n) is 7.03. The maximum absolute atomic E-state index is 11.6. The standard InChI is InChI=1S/C18H19NO/c1-18(2)16(12-17(20)19-18)15-10-8-14(9-11-15)13-6-4-3-5-7-13/h3-11,16H,12H2,1-2H3,(H,19,20). The van der Waals surface area contributed by atoms with Gasteiger partial charge in [0.1, 0.15) is 0 Å². The van der Waals surface area contributed by atoms with Gasteiger partial charge in [-0.25, -0.2) is 0 Å². The average molecular weight is 265 g/mol. The van der Waals surface area contributed by atoms with E-state index in [1.54, 1.807) is 0 Å². The highest BCUT2D eigenvalue weighted by Gasteiger charge is 2.39. The number of carbonyl (C=O) groups is 1. The predicted octanol–water partition coefficient (Wildman–Crippen LogP) is 3.74. The van der Waals surface area contributed by atoms with Gasteiger partial charge in [-0.1, -0.05) is 54.6 Å². The van der Waals surface area contributed by atoms with Crippen LogP contribution in [0, 0.1) is 0 Å². The molecule has 1 heterocycles. The van der Waals surface area contributed by atoms with Crippen molar-refractivity contribution in [2.45, 2.75) is 31.7 Å². The molecule has 102 valence electrons. The van der Waals surface area contributed by atoms with Crippen LogP contribution in [0.25, 0.3) is 11.1 Å². The molecule has 0 aromatic heterocycles. The molecule has 1 saturated heterocycles. The normalized spacial score (nSPS) is 20.7. The van der Waals surface area contributed by atoms with Gasteiger partial charge in [0.25, 0.3) is 0 Å². The van der Waals surface area contributed by atoms with Gasteiger partial charge in [0.05, 0.1) is 0 Å². The van der Waals surface area contributed by atoms with Crippen molar-refractivity contribution in [3.05, 3.63) is 60.2 Å². The van der Waals surface area contributed by atoms with E-state index in [0.29, 0.717) is 6.42 Å². The Bertz CT molecular complexity index is 614. The van der Waals surface area contributed by atoms with Gasteiger partial charge in [0, 0.05) is 17.9 Å². The van der Waals surface area contributed by atoms with E-state index in [9.17, 15) is 4.79 Å². The van der Waals surface area contributed by atoms with E-state index in [4.69, 9.17) is 0 Å². The molecule has 20 heavy (non-hydrogen) atoms. The minimum absolute atomic E-state index is 0.145. The fourth-order valence-electron chi connectivity index (χ4n) is 3.01. The number of rotatable bonds is 2. The zero-order chi connectivity index (χ0) is 14.2. The summed E-state index contributed by atoms with van der Waals surface area (Å²) in [4.78, 5) is 11.6. The molecule has 2 nitrogen and oxygen atoms in total. The Balaban J connectivity index is 1.89. The molecular formula is C18H19NO. The van der Waals surface area contributed by atoms with E-state index in [1.165, 1.54) is 16.7 Å². The van der Waals surface area contributed by atoms with Crippen LogP contribution in [0.3, 0.4) is 0 Å². The molecule has 1 aliphatic rings. The van der Waals surface area contributed by atoms with Crippen molar-refractivity contribution in [2.75, 3.05) is 0 Å². The van der Waals surface area contributed by atoms with Crippen LogP contribution >= 0.6 is 0 Å². The number of hydrogen-bond acceptors (Lipinski definition) is 1. The fourth-order valence-corrected chi connectivity index (χ4v) is 3.01. The molecule has 0 radical (unpaired) electrons. The van der Waals surface area contributed by atoms with Gasteiger partial charge in [-0.15, -0.1) is 0 Å². The Morgan fingerprint density at radius 2 is 1.55 bits per heavy atom. The lowest BCUT2D eigenvalue weighted by Gasteiger charge is -2.26. The van der Waals surface area contributed by atoms with Crippen molar-refractivity contribution in [3.8, 4) is 11.1 Å². The second-order valence-electron chi connectivity index (χ2n) is 6.01. The molecule has 3 rings (SSSR count). The van der Waals surface area contributed by atoms with Gasteiger partial charge in [-0.3, -0.25) is 4.79 Å². The lowest BCUT2D eigenvalue weighted by molar-refractivity contribution is -0.119. The van der Waals surface area contributed by atoms with Gasteiger partial charge >= 0.3 is 0 Å². The molecule has 2 aromatic rings. The molecule has 0 aliphatic carbocycles. The third kappa shape index (κ3) is 2.34. The van der Waals surface area contributed by atoms with Crippen LogP contribution in [0.2, 0.25) is 0 Å². The topological polar surface area (TPSA) is 29.1 Å². The first kappa shape index (κ1) is 12.9. The van der Waals surface area contributed by atoms with E-state index in [-0.39, 0.29) is 17.4 Å². The Labute approximate surface area is 119 Å². The molecular weight excluding hydrogens is 246 g/mol. The van der Waals surface area contributed by atoms with Crippen LogP contribution in [0.15, 0.2) is 54.6 Å². The van der Waals surface area contributed by atoms with Crippen molar-refractivity contribution in [1.29, 1.82) is 0 Å². The molecule has 1 aliphatic heterocycles. The first-order chi connectivity index (χ1) is 9.56. The smallest absolute Gasteiger partial charge is 0.221 e. The molecule has 0 saturated carbocycles. The highest BCUT2D eigenvalue weighted by molar-refractivity contribution is 5.81. The van der Waals surface area contributed by atoms with Gasteiger partial charge in [0.15, 0.2) is 0 Å². The van der Waals surface area contributed by atoms with E-state index >= 15 is 0 Å². The third-order valence-electron chi connectivity index (χ3n) is 4.14. The van der Waals surface area contributed by atoms with E-state index in [2.05, 4.69) is 55.6 Å². The quantitative estimate of drug-likeness (QED) is 0.880. The Kier molecular flexibility index (Phi) is 3.09. The van der Waals surface area contributed by atoms with E-state index in [1.807, 2.05) is 18.2 Å². The fraction of sp³-hybridized carbons (Fsp3) is 0.278. The summed E-state index contributed by atoms with van der Waals surface area (Å²) in [5, 5.41) is 3.05. The van der Waals surface area contributed by atoms with Gasteiger partial charge in [-0.05, 0) is 30.5 Å². The minimum Gasteiger partial charge on any atom is -0.351 e. The molecule has 1 fully saturated rings. The highest BCUT2D eigenvalue weighted by Crippen LogP contribution is 2.36. The monoisotopic (exact) mass is 265 g/mol. The summed E-state index contributed by atoms with van der Waals surface area (Å²) >= 11 is 0. The van der Waals surface area contributed by atoms with Crippen molar-refractivity contribution in [2.24, 2.45) is 0 Å². The SMILES string of the molecule is CC1(C)NC(=O)CC1c1ccc(-c2ccccc2)cc1. The molecule has 1 unspecified atom stereocenters. The summed E-state index contributed by atoms with van der Waals surface area (Å²) in [6.07, 6.45) is 0.581. The van der Waals surface area contributed by atoms with Crippen LogP contribution in [-0.4, -0.2) is 11.4 Å². The van der Waals surface area contributed by atoms with Crippen LogP contribution in [0.4, 0.5) is 0 Å². The van der Waals surface area contributed by atoms with Gasteiger partial charge in [-0.2, -0.15) is 0 Å². The van der Waals surface area contributed by atoms with E-state index < -0.39 is 0 Å². The van der Waals surface area contributed by atoms with E-state index in [0.717, 1.165) is 0 Å². The number of amides is 1. The van der Waals surface area contributed by atoms with Crippen LogP contribution in [0.5, 0.6) is 0 Å². The summed E-state index contributed by atoms with van der Waals surface area (Å²) in [5.41, 5.74) is 3.50. The lowest BCUT2D eigenvalue weighted by atomic mass is 9.83. The Morgan fingerprint density at radius 3 is 2.10 bits per heavy atom. The number of carbonyl (C=O) groups excluding carboxylic acids is 1. The maximum atomic E-state index is 11.6. The van der Waals surface area contributed by atoms with Crippen molar-refractivity contribution in [1.82, 2.24) is 5.32 Å². The summed E-state index contributed by atoms with van der Waals surface area (Å²) in [6.45, 7) is 4.18. The highest BCUT2D eigenvalue weighted by atomic mass is 16.2. The summed E-state index contributed by atoms with van der Waals surface area (Å²) in [6, 6.07) is 18.9. The minimum atomic E-state index is -0.161. The zero-order valence-electron chi connectivity index (χ0n) is 11.9. The van der Waals surface area contributed by atoms with Gasteiger partial charge < -0.3 is 5.32 Å². The number of nitrogens with one attached hydrogen (secondary N) is 1. The van der Waals surface area contributed by atoms with Crippen molar-refractivity contribution >= 4 is 5.91 Å². The molecule has 1 amide bonds. The summed E-state index contributed by atoms with van der Waals surface area (Å²) < 4.78 is 0. The van der Waals surface area contributed by atoms with Gasteiger partial charge in [0.2, 0.25) is 5.91 Å². The molecule has 1 atom stereocenters. The van der Waals surface area contributed by atoms with Crippen LogP contribution in [-0.2, 0) is 4.79 Å². The second-order valence-corrected chi connectivity index (χ2v) is 6.01. The summed E-state index contributed by atoms with van der Waals surface area (Å²) in [5.74, 6) is 0.395. The molecule has 0 spiro atoms. The predicted molar refractivity (Wildman–Crippen MR) is 81.5 cm³/mol. The van der Waals surface area contributed by atoms with Crippen LogP contribution < -0.4 is 5.32 Å². The van der Waals surface area contributed by atoms with Crippen LogP contribution in [0.1, 0.15) is 31.7 Å². The third-order valence-corrected chi connectivity index (χ3v) is 4.14. The van der Waals surface area contributed by atoms with Crippen molar-refractivity contribution < 1.29 is 4.79 Å². The Morgan fingerprint density at radius 1 is 0.950 bits per heavy atom. The lowest BCUT2D eigenvalue weighted by Crippen LogP contribution is -2.38. The summed E-state index contributed by atoms with van der Waals surface area (Å²) in [7, 11) is 0. The molecule has 1 N–H and O–H groups in total. The first-order valence-corrected chi connectivity index (χ1v) is 7.03. The van der Waals surface area contributed by atoms with Crippen molar-refractivity contribution in [3.63, 3.8) is 0 Å². The largest absolute Gasteiger partial charge is 0.351 e.